The molecule has 1 N–H and O–H groups in total. The van der Waals surface area contributed by atoms with Crippen LogP contribution in [0.1, 0.15) is 5.69 Å². The summed E-state index contributed by atoms with van der Waals surface area (Å²) in [4.78, 5) is 20.6. The monoisotopic (exact) mass is 434 g/mol. The van der Waals surface area contributed by atoms with Gasteiger partial charge in [0.2, 0.25) is 5.91 Å². The second-order valence-electron chi connectivity index (χ2n) is 6.58. The van der Waals surface area contributed by atoms with Gasteiger partial charge in [0.1, 0.15) is 23.2 Å². The molecule has 0 fully saturated rings. The van der Waals surface area contributed by atoms with Gasteiger partial charge in [-0.25, -0.2) is 14.4 Å². The van der Waals surface area contributed by atoms with E-state index in [1.165, 1.54) is 29.5 Å². The maximum Gasteiger partial charge on any atom is 0.248 e. The molecule has 0 bridgehead atoms. The second kappa shape index (κ2) is 9.82. The van der Waals surface area contributed by atoms with Gasteiger partial charge in [-0.3, -0.25) is 4.79 Å². The summed E-state index contributed by atoms with van der Waals surface area (Å²) in [5, 5.41) is 5.42. The number of carbonyl (C=O) groups excluding carboxylic acids is 1. The van der Waals surface area contributed by atoms with Crippen LogP contribution in [0.25, 0.3) is 16.6 Å². The molecule has 6 nitrogen and oxygen atoms in total. The number of imidazole rings is 1. The molecule has 4 aromatic rings. The van der Waals surface area contributed by atoms with Crippen LogP contribution in [0.4, 0.5) is 10.1 Å². The van der Waals surface area contributed by atoms with Crippen molar-refractivity contribution in [1.29, 1.82) is 0 Å². The average Bonchev–Trinajstić information content (AvgIpc) is 3.46. The summed E-state index contributed by atoms with van der Waals surface area (Å²) in [6.07, 6.45) is 8.42. The zero-order valence-electron chi connectivity index (χ0n) is 16.4. The Morgan fingerprint density at radius 2 is 1.97 bits per heavy atom. The minimum Gasteiger partial charge on any atom is -0.492 e. The molecule has 0 unspecified atom stereocenters. The Hall–Kier alpha value is -3.78. The summed E-state index contributed by atoms with van der Waals surface area (Å²) in [5.74, 6) is 0.181. The number of rotatable bonds is 8. The van der Waals surface area contributed by atoms with Crippen LogP contribution in [-0.2, 0) is 11.3 Å². The third-order valence-electron chi connectivity index (χ3n) is 4.32. The molecule has 2 heterocycles. The Kier molecular flexibility index (Phi) is 6.49. The Labute approximate surface area is 182 Å². The molecule has 0 aliphatic heterocycles. The summed E-state index contributed by atoms with van der Waals surface area (Å²) in [6, 6.07) is 13.3. The molecule has 4 rings (SSSR count). The highest BCUT2D eigenvalue weighted by molar-refractivity contribution is 7.13. The number of carbonyl (C=O) groups is 1. The number of nitrogens with one attached hydrogen (secondary N) is 1. The van der Waals surface area contributed by atoms with Crippen molar-refractivity contribution >= 4 is 29.0 Å². The lowest BCUT2D eigenvalue weighted by Crippen LogP contribution is -2.08. The standard InChI is InChI=1S/C23H19FN4O2S/c24-18-3-1-17(2-4-18)23-27-20(15-31-23)7-10-22(29)26-19-5-8-21(9-6-19)30-14-13-28-12-11-25-16-28/h1-12,15-16H,13-14H2,(H,26,29)/b10-7+. The normalized spacial score (nSPS) is 11.0. The lowest BCUT2D eigenvalue weighted by Gasteiger charge is -2.08. The molecule has 0 saturated heterocycles. The van der Waals surface area contributed by atoms with E-state index in [1.54, 1.807) is 42.9 Å². The molecular formula is C23H19FN4O2S. The van der Waals surface area contributed by atoms with Crippen molar-refractivity contribution < 1.29 is 13.9 Å². The van der Waals surface area contributed by atoms with Crippen LogP contribution in [0, 0.1) is 5.82 Å². The van der Waals surface area contributed by atoms with Crippen molar-refractivity contribution in [3.05, 3.63) is 90.2 Å². The Morgan fingerprint density at radius 3 is 2.71 bits per heavy atom. The molecule has 8 heteroatoms. The van der Waals surface area contributed by atoms with E-state index in [4.69, 9.17) is 4.74 Å². The van der Waals surface area contributed by atoms with Crippen molar-refractivity contribution in [2.75, 3.05) is 11.9 Å². The average molecular weight is 434 g/mol. The molecular weight excluding hydrogens is 415 g/mol. The Morgan fingerprint density at radius 1 is 1.16 bits per heavy atom. The lowest BCUT2D eigenvalue weighted by atomic mass is 10.2. The summed E-state index contributed by atoms with van der Waals surface area (Å²) in [7, 11) is 0. The number of hydrogen-bond donors (Lipinski definition) is 1. The maximum absolute atomic E-state index is 13.0. The van der Waals surface area contributed by atoms with E-state index in [0.717, 1.165) is 16.3 Å². The molecule has 2 aromatic carbocycles. The number of hydrogen-bond acceptors (Lipinski definition) is 5. The van der Waals surface area contributed by atoms with Crippen LogP contribution in [0.15, 0.2) is 78.7 Å². The zero-order chi connectivity index (χ0) is 21.5. The van der Waals surface area contributed by atoms with Crippen LogP contribution < -0.4 is 10.1 Å². The van der Waals surface area contributed by atoms with E-state index >= 15 is 0 Å². The number of thiazole rings is 1. The smallest absolute Gasteiger partial charge is 0.248 e. The van der Waals surface area contributed by atoms with Gasteiger partial charge in [0.25, 0.3) is 0 Å². The first kappa shape index (κ1) is 20.5. The highest BCUT2D eigenvalue weighted by atomic mass is 32.1. The summed E-state index contributed by atoms with van der Waals surface area (Å²) < 4.78 is 20.7. The van der Waals surface area contributed by atoms with Gasteiger partial charge in [-0.05, 0) is 54.6 Å². The van der Waals surface area contributed by atoms with E-state index in [0.29, 0.717) is 24.5 Å². The highest BCUT2D eigenvalue weighted by Gasteiger charge is 2.04. The van der Waals surface area contributed by atoms with Crippen LogP contribution in [0.5, 0.6) is 5.75 Å². The number of benzene rings is 2. The largest absolute Gasteiger partial charge is 0.492 e. The number of anilines is 1. The molecule has 0 aliphatic rings. The first-order valence-corrected chi connectivity index (χ1v) is 10.4. The van der Waals surface area contributed by atoms with E-state index < -0.39 is 0 Å². The lowest BCUT2D eigenvalue weighted by molar-refractivity contribution is -0.111. The number of halogens is 1. The van der Waals surface area contributed by atoms with Gasteiger partial charge < -0.3 is 14.6 Å². The van der Waals surface area contributed by atoms with Crippen molar-refractivity contribution in [3.8, 4) is 16.3 Å². The summed E-state index contributed by atoms with van der Waals surface area (Å²) >= 11 is 1.44. The van der Waals surface area contributed by atoms with Crippen molar-refractivity contribution in [2.45, 2.75) is 6.54 Å². The van der Waals surface area contributed by atoms with E-state index in [2.05, 4.69) is 15.3 Å². The predicted molar refractivity (Wildman–Crippen MR) is 119 cm³/mol. The van der Waals surface area contributed by atoms with Crippen LogP contribution in [0.3, 0.4) is 0 Å². The molecule has 1 amide bonds. The van der Waals surface area contributed by atoms with Gasteiger partial charge in [0.15, 0.2) is 0 Å². The minimum absolute atomic E-state index is 0.259. The first-order chi connectivity index (χ1) is 15.2. The molecule has 0 aliphatic carbocycles. The molecule has 156 valence electrons. The van der Waals surface area contributed by atoms with Gasteiger partial charge >= 0.3 is 0 Å². The quantitative estimate of drug-likeness (QED) is 0.402. The molecule has 0 saturated carbocycles. The second-order valence-corrected chi connectivity index (χ2v) is 7.44. The topological polar surface area (TPSA) is 69.0 Å². The Bertz CT molecular complexity index is 1150. The third-order valence-corrected chi connectivity index (χ3v) is 5.23. The number of aromatic nitrogens is 3. The summed E-state index contributed by atoms with van der Waals surface area (Å²) in [6.45, 7) is 1.24. The third kappa shape index (κ3) is 5.86. The van der Waals surface area contributed by atoms with Gasteiger partial charge in [-0.15, -0.1) is 11.3 Å². The fourth-order valence-electron chi connectivity index (χ4n) is 2.76. The fraction of sp³-hybridized carbons (Fsp3) is 0.0870. The van der Waals surface area contributed by atoms with Gasteiger partial charge in [0, 0.05) is 35.1 Å². The van der Waals surface area contributed by atoms with E-state index in [-0.39, 0.29) is 11.7 Å². The number of ether oxygens (including phenoxy) is 1. The van der Waals surface area contributed by atoms with E-state index in [9.17, 15) is 9.18 Å². The van der Waals surface area contributed by atoms with Crippen molar-refractivity contribution in [1.82, 2.24) is 14.5 Å². The first-order valence-electron chi connectivity index (χ1n) is 9.55. The molecule has 0 spiro atoms. The molecule has 0 atom stereocenters. The number of amides is 1. The predicted octanol–water partition coefficient (Wildman–Crippen LogP) is 4.88. The SMILES string of the molecule is O=C(/C=C/c1csc(-c2ccc(F)cc2)n1)Nc1ccc(OCCn2ccnc2)cc1. The molecule has 2 aromatic heterocycles. The minimum atomic E-state index is -0.286. The molecule has 0 radical (unpaired) electrons. The van der Waals surface area contributed by atoms with Crippen LogP contribution in [0.2, 0.25) is 0 Å². The number of nitrogens with zero attached hydrogens (tertiary/aromatic N) is 3. The fourth-order valence-corrected chi connectivity index (χ4v) is 3.55. The van der Waals surface area contributed by atoms with Gasteiger partial charge in [-0.2, -0.15) is 0 Å². The Balaban J connectivity index is 1.27. The van der Waals surface area contributed by atoms with Gasteiger partial charge in [-0.1, -0.05) is 0 Å². The zero-order valence-corrected chi connectivity index (χ0v) is 17.3. The van der Waals surface area contributed by atoms with E-state index in [1.807, 2.05) is 28.3 Å². The molecule has 31 heavy (non-hydrogen) atoms. The van der Waals surface area contributed by atoms with Crippen LogP contribution in [-0.4, -0.2) is 27.0 Å². The van der Waals surface area contributed by atoms with Gasteiger partial charge in [0.05, 0.1) is 18.6 Å². The highest BCUT2D eigenvalue weighted by Crippen LogP contribution is 2.24. The van der Waals surface area contributed by atoms with Crippen molar-refractivity contribution in [2.24, 2.45) is 0 Å². The van der Waals surface area contributed by atoms with Crippen molar-refractivity contribution in [3.63, 3.8) is 0 Å². The van der Waals surface area contributed by atoms with Crippen LogP contribution >= 0.6 is 11.3 Å². The maximum atomic E-state index is 13.0. The summed E-state index contributed by atoms with van der Waals surface area (Å²) in [5.41, 5.74) is 2.17.